The van der Waals surface area contributed by atoms with Gasteiger partial charge in [0.05, 0.1) is 0 Å². The van der Waals surface area contributed by atoms with E-state index in [1.807, 2.05) is 34.6 Å². The molecule has 12 heavy (non-hydrogen) atoms. The summed E-state index contributed by atoms with van der Waals surface area (Å²) in [5.74, 6) is 0.414. The van der Waals surface area contributed by atoms with Crippen LogP contribution in [-0.2, 0) is 4.74 Å². The van der Waals surface area contributed by atoms with Gasteiger partial charge in [-0.15, -0.1) is 0 Å². The van der Waals surface area contributed by atoms with Crippen LogP contribution in [0.2, 0.25) is 0 Å². The number of nitrogens with one attached hydrogen (secondary N) is 2. The first-order chi connectivity index (χ1) is 5.57. The summed E-state index contributed by atoms with van der Waals surface area (Å²) < 4.78 is 4.83. The van der Waals surface area contributed by atoms with Gasteiger partial charge in [-0.25, -0.2) is 0 Å². The normalized spacial score (nSPS) is 8.50. The SMILES string of the molecule is CC.CCC(=N)OC(=N)C(C)C. The molecule has 0 spiro atoms. The Morgan fingerprint density at radius 2 is 1.67 bits per heavy atom. The van der Waals surface area contributed by atoms with Crippen LogP contribution in [0.15, 0.2) is 0 Å². The Labute approximate surface area is 75.1 Å². The molecular formula is C9H20N2O. The zero-order valence-electron chi connectivity index (χ0n) is 8.69. The van der Waals surface area contributed by atoms with Crippen molar-refractivity contribution in [2.75, 3.05) is 0 Å². The van der Waals surface area contributed by atoms with Gasteiger partial charge in [0.25, 0.3) is 0 Å². The zero-order valence-corrected chi connectivity index (χ0v) is 8.69. The van der Waals surface area contributed by atoms with Crippen molar-refractivity contribution >= 4 is 11.8 Å². The van der Waals surface area contributed by atoms with Crippen molar-refractivity contribution in [1.82, 2.24) is 0 Å². The first kappa shape index (κ1) is 13.7. The highest BCUT2D eigenvalue weighted by Crippen LogP contribution is 1.97. The molecule has 2 N–H and O–H groups in total. The Morgan fingerprint density at radius 3 is 1.92 bits per heavy atom. The summed E-state index contributed by atoms with van der Waals surface area (Å²) in [6, 6.07) is 0. The lowest BCUT2D eigenvalue weighted by Gasteiger charge is -2.08. The molecule has 3 heteroatoms. The van der Waals surface area contributed by atoms with Crippen molar-refractivity contribution in [1.29, 1.82) is 10.8 Å². The summed E-state index contributed by atoms with van der Waals surface area (Å²) in [6.45, 7) is 9.56. The largest absolute Gasteiger partial charge is 0.430 e. The summed E-state index contributed by atoms with van der Waals surface area (Å²) in [4.78, 5) is 0. The summed E-state index contributed by atoms with van der Waals surface area (Å²) in [6.07, 6.45) is 0.551. The molecular weight excluding hydrogens is 152 g/mol. The Balaban J connectivity index is 0. The van der Waals surface area contributed by atoms with Crippen LogP contribution in [0.25, 0.3) is 0 Å². The van der Waals surface area contributed by atoms with Crippen LogP contribution in [0.5, 0.6) is 0 Å². The fourth-order valence-corrected chi connectivity index (χ4v) is 0.323. The van der Waals surface area contributed by atoms with Gasteiger partial charge in [0, 0.05) is 12.3 Å². The van der Waals surface area contributed by atoms with Gasteiger partial charge in [-0.05, 0) is 0 Å². The minimum Gasteiger partial charge on any atom is -0.430 e. The Kier molecular flexibility index (Phi) is 9.41. The Morgan fingerprint density at radius 1 is 1.25 bits per heavy atom. The third-order valence-corrected chi connectivity index (χ3v) is 1.08. The highest BCUT2D eigenvalue weighted by Gasteiger charge is 2.05. The van der Waals surface area contributed by atoms with E-state index in [2.05, 4.69) is 0 Å². The minimum atomic E-state index is 0.0758. The van der Waals surface area contributed by atoms with E-state index in [9.17, 15) is 0 Å². The second-order valence-corrected chi connectivity index (χ2v) is 2.40. The molecule has 0 saturated heterocycles. The quantitative estimate of drug-likeness (QED) is 0.488. The van der Waals surface area contributed by atoms with Crippen LogP contribution in [0.4, 0.5) is 0 Å². The molecule has 0 atom stereocenters. The summed E-state index contributed by atoms with van der Waals surface area (Å²) in [5, 5.41) is 14.3. The molecule has 0 fully saturated rings. The molecule has 72 valence electrons. The van der Waals surface area contributed by atoms with Crippen LogP contribution < -0.4 is 0 Å². The molecule has 0 aliphatic rings. The molecule has 0 amide bonds. The van der Waals surface area contributed by atoms with E-state index in [1.54, 1.807) is 0 Å². The Bertz CT molecular complexity index is 141. The van der Waals surface area contributed by atoms with Gasteiger partial charge in [-0.2, -0.15) is 0 Å². The topological polar surface area (TPSA) is 56.9 Å². The maximum Gasteiger partial charge on any atom is 0.191 e. The van der Waals surface area contributed by atoms with E-state index < -0.39 is 0 Å². The molecule has 0 heterocycles. The molecule has 0 saturated carbocycles. The molecule has 0 aromatic heterocycles. The van der Waals surface area contributed by atoms with Crippen LogP contribution in [0.3, 0.4) is 0 Å². The van der Waals surface area contributed by atoms with Crippen LogP contribution in [-0.4, -0.2) is 11.8 Å². The van der Waals surface area contributed by atoms with Crippen molar-refractivity contribution < 1.29 is 4.74 Å². The van der Waals surface area contributed by atoms with Crippen molar-refractivity contribution in [2.45, 2.75) is 41.0 Å². The third-order valence-electron chi connectivity index (χ3n) is 1.08. The van der Waals surface area contributed by atoms with Gasteiger partial charge in [0.2, 0.25) is 0 Å². The van der Waals surface area contributed by atoms with Gasteiger partial charge in [0.15, 0.2) is 11.8 Å². The van der Waals surface area contributed by atoms with Gasteiger partial charge in [0.1, 0.15) is 0 Å². The molecule has 0 unspecified atom stereocenters. The molecule has 0 aliphatic heterocycles. The number of hydrogen-bond acceptors (Lipinski definition) is 3. The summed E-state index contributed by atoms with van der Waals surface area (Å²) >= 11 is 0. The molecule has 0 aliphatic carbocycles. The first-order valence-corrected chi connectivity index (χ1v) is 4.41. The lowest BCUT2D eigenvalue weighted by atomic mass is 10.2. The smallest absolute Gasteiger partial charge is 0.191 e. The first-order valence-electron chi connectivity index (χ1n) is 4.41. The predicted octanol–water partition coefficient (Wildman–Crippen LogP) is 3.05. The summed E-state index contributed by atoms with van der Waals surface area (Å²) in [5.41, 5.74) is 0. The van der Waals surface area contributed by atoms with Gasteiger partial charge in [-0.1, -0.05) is 34.6 Å². The average Bonchev–Trinajstić information content (AvgIpc) is 2.07. The maximum absolute atomic E-state index is 7.21. The molecule has 3 nitrogen and oxygen atoms in total. The number of rotatable bonds is 2. The van der Waals surface area contributed by atoms with E-state index in [1.165, 1.54) is 0 Å². The monoisotopic (exact) mass is 172 g/mol. The van der Waals surface area contributed by atoms with Crippen molar-refractivity contribution in [3.8, 4) is 0 Å². The van der Waals surface area contributed by atoms with Crippen molar-refractivity contribution in [3.05, 3.63) is 0 Å². The molecule has 0 aromatic rings. The van der Waals surface area contributed by atoms with E-state index in [4.69, 9.17) is 15.6 Å². The zero-order chi connectivity index (χ0) is 10.1. The van der Waals surface area contributed by atoms with E-state index in [0.29, 0.717) is 6.42 Å². The minimum absolute atomic E-state index is 0.0758. The second-order valence-electron chi connectivity index (χ2n) is 2.40. The lowest BCUT2D eigenvalue weighted by molar-refractivity contribution is 0.477. The highest BCUT2D eigenvalue weighted by atomic mass is 16.5. The van der Waals surface area contributed by atoms with Crippen LogP contribution >= 0.6 is 0 Å². The summed E-state index contributed by atoms with van der Waals surface area (Å²) in [7, 11) is 0. The second kappa shape index (κ2) is 8.24. The van der Waals surface area contributed by atoms with Gasteiger partial charge < -0.3 is 4.74 Å². The molecule has 0 rings (SSSR count). The molecule has 0 radical (unpaired) electrons. The fourth-order valence-electron chi connectivity index (χ4n) is 0.323. The van der Waals surface area contributed by atoms with Gasteiger partial charge >= 0.3 is 0 Å². The van der Waals surface area contributed by atoms with E-state index in [0.717, 1.165) is 0 Å². The maximum atomic E-state index is 7.21. The standard InChI is InChI=1S/C7H14N2O.C2H6/c1-4-6(8)10-7(9)5(2)3;1-2/h5,8-9H,4H2,1-3H3;1-2H3. The predicted molar refractivity (Wildman–Crippen MR) is 53.0 cm³/mol. The van der Waals surface area contributed by atoms with Gasteiger partial charge in [-0.3, -0.25) is 10.8 Å². The van der Waals surface area contributed by atoms with Crippen molar-refractivity contribution in [3.63, 3.8) is 0 Å². The molecule has 0 bridgehead atoms. The number of hydrogen-bond donors (Lipinski definition) is 2. The molecule has 0 aromatic carbocycles. The van der Waals surface area contributed by atoms with Crippen LogP contribution in [0, 0.1) is 16.7 Å². The Hall–Kier alpha value is -0.860. The number of ether oxygens (including phenoxy) is 1. The fraction of sp³-hybridized carbons (Fsp3) is 0.778. The average molecular weight is 172 g/mol. The lowest BCUT2D eigenvalue weighted by Crippen LogP contribution is -2.14. The van der Waals surface area contributed by atoms with Crippen LogP contribution in [0.1, 0.15) is 41.0 Å². The third kappa shape index (κ3) is 7.25. The van der Waals surface area contributed by atoms with Crippen molar-refractivity contribution in [2.24, 2.45) is 5.92 Å². The highest BCUT2D eigenvalue weighted by molar-refractivity contribution is 5.89. The van der Waals surface area contributed by atoms with E-state index >= 15 is 0 Å². The van der Waals surface area contributed by atoms with E-state index in [-0.39, 0.29) is 17.7 Å².